The van der Waals surface area contributed by atoms with E-state index in [9.17, 15) is 4.79 Å². The molecule has 1 aliphatic carbocycles. The number of carbonyl (C=O) groups is 1. The number of aryl methyl sites for hydroxylation is 1. The maximum Gasteiger partial charge on any atom is 0.225 e. The quantitative estimate of drug-likeness (QED) is 0.851. The summed E-state index contributed by atoms with van der Waals surface area (Å²) < 4.78 is 5.40. The molecule has 1 aromatic rings. The molecule has 3 atom stereocenters. The predicted octanol–water partition coefficient (Wildman–Crippen LogP) is 3.42. The van der Waals surface area contributed by atoms with E-state index in [-0.39, 0.29) is 30.5 Å². The van der Waals surface area contributed by atoms with Crippen LogP contribution >= 0.6 is 12.4 Å². The number of nitrogens with two attached hydrogens (primary N) is 1. The van der Waals surface area contributed by atoms with Crippen molar-refractivity contribution in [2.75, 3.05) is 20.2 Å². The van der Waals surface area contributed by atoms with Gasteiger partial charge in [0.1, 0.15) is 0 Å². The number of halogens is 1. The Morgan fingerprint density at radius 3 is 2.46 bits per heavy atom. The van der Waals surface area contributed by atoms with Gasteiger partial charge in [0.2, 0.25) is 5.91 Å². The summed E-state index contributed by atoms with van der Waals surface area (Å²) in [4.78, 5) is 14.9. The van der Waals surface area contributed by atoms with Gasteiger partial charge >= 0.3 is 0 Å². The van der Waals surface area contributed by atoms with E-state index in [0.717, 1.165) is 57.5 Å². The zero-order valence-corrected chi connectivity index (χ0v) is 16.6. The standard InChI is InChI=1S/C21H32N2O2.ClH/c1-25-20-10-9-18(15-19(20)22)21(24)23-13-11-17(12-14-23)8-7-16-5-3-2-4-6-16;/h2-6,17-20H,7-15,22H2,1H3;1H/t18-,19+,20+;/m0./s1. The second-order valence-corrected chi connectivity index (χ2v) is 7.74. The number of nitrogens with zero attached hydrogens (tertiary/aromatic N) is 1. The lowest BCUT2D eigenvalue weighted by atomic mass is 9.82. The topological polar surface area (TPSA) is 55.6 Å². The summed E-state index contributed by atoms with van der Waals surface area (Å²) in [7, 11) is 1.72. The van der Waals surface area contributed by atoms with Gasteiger partial charge in [0.05, 0.1) is 6.10 Å². The Balaban J connectivity index is 0.00000243. The summed E-state index contributed by atoms with van der Waals surface area (Å²) in [6.45, 7) is 1.83. The number of hydrogen-bond acceptors (Lipinski definition) is 3. The highest BCUT2D eigenvalue weighted by Crippen LogP contribution is 2.29. The first-order valence-electron chi connectivity index (χ1n) is 9.78. The van der Waals surface area contributed by atoms with Crippen LogP contribution in [-0.4, -0.2) is 43.2 Å². The average Bonchev–Trinajstić information content (AvgIpc) is 2.67. The smallest absolute Gasteiger partial charge is 0.225 e. The van der Waals surface area contributed by atoms with Gasteiger partial charge in [-0.3, -0.25) is 4.79 Å². The average molecular weight is 381 g/mol. The molecule has 0 aromatic heterocycles. The summed E-state index contributed by atoms with van der Waals surface area (Å²) in [6.07, 6.45) is 7.36. The number of methoxy groups -OCH3 is 1. The van der Waals surface area contributed by atoms with Gasteiger partial charge in [0.25, 0.3) is 0 Å². The summed E-state index contributed by atoms with van der Waals surface area (Å²) >= 11 is 0. The van der Waals surface area contributed by atoms with Crippen LogP contribution in [0.5, 0.6) is 0 Å². The van der Waals surface area contributed by atoms with Gasteiger partial charge in [-0.1, -0.05) is 30.3 Å². The van der Waals surface area contributed by atoms with Gasteiger partial charge in [0, 0.05) is 32.2 Å². The van der Waals surface area contributed by atoms with E-state index in [1.807, 2.05) is 0 Å². The van der Waals surface area contributed by atoms with Crippen LogP contribution in [0.15, 0.2) is 30.3 Å². The molecular formula is C21H33ClN2O2. The largest absolute Gasteiger partial charge is 0.380 e. The summed E-state index contributed by atoms with van der Waals surface area (Å²) in [5, 5.41) is 0. The molecule has 0 unspecified atom stereocenters. The number of ether oxygens (including phenoxy) is 1. The molecule has 4 nitrogen and oxygen atoms in total. The Morgan fingerprint density at radius 2 is 1.85 bits per heavy atom. The first-order valence-corrected chi connectivity index (χ1v) is 9.78. The highest BCUT2D eigenvalue weighted by Gasteiger charge is 2.35. The van der Waals surface area contributed by atoms with Crippen molar-refractivity contribution in [3.8, 4) is 0 Å². The lowest BCUT2D eigenvalue weighted by Gasteiger charge is -2.38. The third kappa shape index (κ3) is 5.45. The third-order valence-electron chi connectivity index (χ3n) is 6.10. The van der Waals surface area contributed by atoms with E-state index >= 15 is 0 Å². The highest BCUT2D eigenvalue weighted by molar-refractivity contribution is 5.85. The van der Waals surface area contributed by atoms with Crippen LogP contribution in [0.1, 0.15) is 44.1 Å². The highest BCUT2D eigenvalue weighted by atomic mass is 35.5. The van der Waals surface area contributed by atoms with E-state index in [1.54, 1.807) is 7.11 Å². The second-order valence-electron chi connectivity index (χ2n) is 7.74. The minimum absolute atomic E-state index is 0. The molecule has 1 amide bonds. The Morgan fingerprint density at radius 1 is 1.15 bits per heavy atom. The van der Waals surface area contributed by atoms with Crippen LogP contribution in [0.4, 0.5) is 0 Å². The maximum absolute atomic E-state index is 12.8. The van der Waals surface area contributed by atoms with Gasteiger partial charge in [0.15, 0.2) is 0 Å². The molecule has 0 bridgehead atoms. The SMILES string of the molecule is CO[C@@H]1CC[C@H](C(=O)N2CCC(CCc3ccccc3)CC2)C[C@H]1N.Cl. The molecule has 1 heterocycles. The number of carbonyl (C=O) groups excluding carboxylic acids is 1. The van der Waals surface area contributed by atoms with Crippen molar-refractivity contribution in [2.45, 2.75) is 57.1 Å². The van der Waals surface area contributed by atoms with E-state index < -0.39 is 0 Å². The molecular weight excluding hydrogens is 348 g/mol. The predicted molar refractivity (Wildman–Crippen MR) is 107 cm³/mol. The van der Waals surface area contributed by atoms with Gasteiger partial charge < -0.3 is 15.4 Å². The maximum atomic E-state index is 12.8. The van der Waals surface area contributed by atoms with Crippen molar-refractivity contribution >= 4 is 18.3 Å². The zero-order valence-electron chi connectivity index (χ0n) is 15.8. The van der Waals surface area contributed by atoms with Gasteiger partial charge in [-0.15, -0.1) is 12.4 Å². The zero-order chi connectivity index (χ0) is 17.6. The molecule has 2 fully saturated rings. The van der Waals surface area contributed by atoms with Gasteiger partial charge in [-0.25, -0.2) is 0 Å². The summed E-state index contributed by atoms with van der Waals surface area (Å²) in [6, 6.07) is 10.7. The summed E-state index contributed by atoms with van der Waals surface area (Å²) in [5.74, 6) is 1.17. The minimum Gasteiger partial charge on any atom is -0.380 e. The lowest BCUT2D eigenvalue weighted by molar-refractivity contribution is -0.139. The van der Waals surface area contributed by atoms with E-state index in [1.165, 1.54) is 12.0 Å². The minimum atomic E-state index is -0.00360. The lowest BCUT2D eigenvalue weighted by Crippen LogP contribution is -2.48. The number of rotatable bonds is 5. The fraction of sp³-hybridized carbons (Fsp3) is 0.667. The first-order chi connectivity index (χ1) is 12.2. The van der Waals surface area contributed by atoms with Crippen LogP contribution in [0.3, 0.4) is 0 Å². The monoisotopic (exact) mass is 380 g/mol. The molecule has 1 saturated heterocycles. The van der Waals surface area contributed by atoms with Crippen LogP contribution in [0.25, 0.3) is 0 Å². The number of piperidine rings is 1. The Hall–Kier alpha value is -1.10. The van der Waals surface area contributed by atoms with Crippen molar-refractivity contribution in [2.24, 2.45) is 17.6 Å². The van der Waals surface area contributed by atoms with E-state index in [4.69, 9.17) is 10.5 Å². The van der Waals surface area contributed by atoms with Crippen molar-refractivity contribution in [3.05, 3.63) is 35.9 Å². The van der Waals surface area contributed by atoms with Crippen molar-refractivity contribution in [1.82, 2.24) is 4.90 Å². The van der Waals surface area contributed by atoms with Crippen LogP contribution in [-0.2, 0) is 16.0 Å². The number of likely N-dealkylation sites (tertiary alicyclic amines) is 1. The van der Waals surface area contributed by atoms with E-state index in [2.05, 4.69) is 35.2 Å². The number of hydrogen-bond donors (Lipinski definition) is 1. The molecule has 2 aliphatic rings. The second kappa shape index (κ2) is 10.3. The molecule has 1 saturated carbocycles. The fourth-order valence-electron chi connectivity index (χ4n) is 4.41. The van der Waals surface area contributed by atoms with E-state index in [0.29, 0.717) is 5.91 Å². The fourth-order valence-corrected chi connectivity index (χ4v) is 4.41. The Kier molecular flexibility index (Phi) is 8.39. The Labute approximate surface area is 163 Å². The first kappa shape index (κ1) is 21.2. The molecule has 1 aliphatic heterocycles. The molecule has 0 radical (unpaired) electrons. The normalized spacial score (nSPS) is 27.0. The van der Waals surface area contributed by atoms with Crippen molar-refractivity contribution < 1.29 is 9.53 Å². The number of benzene rings is 1. The van der Waals surface area contributed by atoms with Crippen molar-refractivity contribution in [3.63, 3.8) is 0 Å². The molecule has 2 N–H and O–H groups in total. The molecule has 1 aromatic carbocycles. The molecule has 26 heavy (non-hydrogen) atoms. The van der Waals surface area contributed by atoms with Crippen LogP contribution in [0.2, 0.25) is 0 Å². The van der Waals surface area contributed by atoms with Gasteiger partial charge in [-0.05, 0) is 56.4 Å². The third-order valence-corrected chi connectivity index (χ3v) is 6.10. The van der Waals surface area contributed by atoms with Crippen molar-refractivity contribution in [1.29, 1.82) is 0 Å². The molecule has 5 heteroatoms. The molecule has 3 rings (SSSR count). The molecule has 146 valence electrons. The summed E-state index contributed by atoms with van der Waals surface area (Å²) in [5.41, 5.74) is 7.59. The van der Waals surface area contributed by atoms with Crippen LogP contribution < -0.4 is 5.73 Å². The Bertz CT molecular complexity index is 546. The van der Waals surface area contributed by atoms with Gasteiger partial charge in [-0.2, -0.15) is 0 Å². The number of amides is 1. The molecule has 0 spiro atoms. The van der Waals surface area contributed by atoms with Crippen LogP contribution in [0, 0.1) is 11.8 Å².